The predicted molar refractivity (Wildman–Crippen MR) is 142 cm³/mol. The van der Waals surface area contributed by atoms with Gasteiger partial charge in [-0.25, -0.2) is 9.79 Å². The first-order chi connectivity index (χ1) is 18.7. The fourth-order valence-electron chi connectivity index (χ4n) is 4.12. The Morgan fingerprint density at radius 2 is 1.97 bits per heavy atom. The predicted octanol–water partition coefficient (Wildman–Crippen LogP) is 2.81. The summed E-state index contributed by atoms with van der Waals surface area (Å²) in [5.41, 5.74) is 0.486. The lowest BCUT2D eigenvalue weighted by Gasteiger charge is -2.25. The number of carbonyl (C=O) groups excluding carboxylic acids is 2. The molecule has 0 amide bonds. The van der Waals surface area contributed by atoms with E-state index in [4.69, 9.17) is 14.2 Å². The number of carbonyl (C=O) groups is 2. The highest BCUT2D eigenvalue weighted by molar-refractivity contribution is 7.07. The van der Waals surface area contributed by atoms with Gasteiger partial charge in [-0.15, -0.1) is 0 Å². The maximum Gasteiger partial charge on any atom is 0.338 e. The number of nitro groups is 1. The number of nitrogens with zero attached hydrogens (tertiary/aromatic N) is 3. The Bertz CT molecular complexity index is 1720. The molecule has 3 aromatic rings. The molecule has 0 bridgehead atoms. The Kier molecular flexibility index (Phi) is 7.86. The molecule has 0 saturated heterocycles. The van der Waals surface area contributed by atoms with Crippen molar-refractivity contribution in [3.63, 3.8) is 0 Å². The summed E-state index contributed by atoms with van der Waals surface area (Å²) >= 11 is 1.04. The molecule has 4 rings (SSSR count). The van der Waals surface area contributed by atoms with E-state index >= 15 is 0 Å². The number of para-hydroxylation sites is 1. The van der Waals surface area contributed by atoms with Crippen molar-refractivity contribution in [1.29, 1.82) is 0 Å². The van der Waals surface area contributed by atoms with Gasteiger partial charge in [0.1, 0.15) is 6.61 Å². The minimum atomic E-state index is -0.980. The number of thiazole rings is 1. The van der Waals surface area contributed by atoms with Crippen LogP contribution >= 0.6 is 11.3 Å². The molecule has 11 nitrogen and oxygen atoms in total. The van der Waals surface area contributed by atoms with E-state index in [1.807, 2.05) is 0 Å². The zero-order valence-corrected chi connectivity index (χ0v) is 22.0. The first kappa shape index (κ1) is 27.2. The van der Waals surface area contributed by atoms with Crippen LogP contribution in [0.1, 0.15) is 31.0 Å². The Labute approximate surface area is 225 Å². The third-order valence-electron chi connectivity index (χ3n) is 5.75. The minimum Gasteiger partial charge on any atom is -0.493 e. The van der Waals surface area contributed by atoms with E-state index in [9.17, 15) is 24.5 Å². The molecule has 0 radical (unpaired) electrons. The van der Waals surface area contributed by atoms with Gasteiger partial charge in [0, 0.05) is 13.0 Å². The molecule has 2 aromatic carbocycles. The largest absolute Gasteiger partial charge is 0.493 e. The number of hydrogen-bond donors (Lipinski definition) is 0. The maximum absolute atomic E-state index is 13.8. The van der Waals surface area contributed by atoms with Gasteiger partial charge in [-0.3, -0.25) is 24.3 Å². The van der Waals surface area contributed by atoms with E-state index in [1.54, 1.807) is 25.1 Å². The number of ether oxygens (including phenoxy) is 3. The highest BCUT2D eigenvalue weighted by atomic mass is 32.1. The van der Waals surface area contributed by atoms with Crippen molar-refractivity contribution >= 4 is 35.0 Å². The summed E-state index contributed by atoms with van der Waals surface area (Å²) < 4.78 is 17.4. The van der Waals surface area contributed by atoms with Crippen LogP contribution in [-0.2, 0) is 14.3 Å². The van der Waals surface area contributed by atoms with Crippen molar-refractivity contribution in [2.24, 2.45) is 4.99 Å². The van der Waals surface area contributed by atoms with Gasteiger partial charge in [-0.05, 0) is 36.8 Å². The monoisotopic (exact) mass is 549 g/mol. The Morgan fingerprint density at radius 1 is 1.23 bits per heavy atom. The maximum atomic E-state index is 13.8. The van der Waals surface area contributed by atoms with Gasteiger partial charge in [-0.2, -0.15) is 0 Å². The third kappa shape index (κ3) is 5.41. The van der Waals surface area contributed by atoms with Crippen LogP contribution in [0.5, 0.6) is 11.5 Å². The average Bonchev–Trinajstić information content (AvgIpc) is 3.20. The molecular formula is C27H23N3O8S. The third-order valence-corrected chi connectivity index (χ3v) is 6.73. The molecule has 12 heteroatoms. The van der Waals surface area contributed by atoms with Gasteiger partial charge in [0.25, 0.3) is 11.2 Å². The first-order valence-electron chi connectivity index (χ1n) is 11.6. The number of nitro benzene ring substituents is 1. The average molecular weight is 550 g/mol. The number of hydrogen-bond acceptors (Lipinski definition) is 10. The van der Waals surface area contributed by atoms with Crippen molar-refractivity contribution < 1.29 is 28.7 Å². The van der Waals surface area contributed by atoms with Crippen LogP contribution in [0.3, 0.4) is 0 Å². The molecule has 0 N–H and O–H groups in total. The number of aromatic nitrogens is 1. The second kappa shape index (κ2) is 11.3. The summed E-state index contributed by atoms with van der Waals surface area (Å²) in [5, 5.41) is 11.5. The lowest BCUT2D eigenvalue weighted by atomic mass is 9.95. The van der Waals surface area contributed by atoms with Crippen LogP contribution in [0.15, 0.2) is 76.2 Å². The normalized spacial score (nSPS) is 14.7. The molecule has 1 aliphatic heterocycles. The zero-order chi connectivity index (χ0) is 28.3. The quantitative estimate of drug-likeness (QED) is 0.137. The van der Waals surface area contributed by atoms with Crippen LogP contribution in [0, 0.1) is 10.1 Å². The van der Waals surface area contributed by atoms with Gasteiger partial charge in [0.2, 0.25) is 0 Å². The van der Waals surface area contributed by atoms with E-state index < -0.39 is 28.5 Å². The number of benzene rings is 2. The van der Waals surface area contributed by atoms with Crippen LogP contribution in [-0.4, -0.2) is 35.1 Å². The molecule has 200 valence electrons. The van der Waals surface area contributed by atoms with E-state index in [0.717, 1.165) is 11.3 Å². The van der Waals surface area contributed by atoms with E-state index in [0.29, 0.717) is 11.3 Å². The summed E-state index contributed by atoms with van der Waals surface area (Å²) in [7, 11) is 1.39. The van der Waals surface area contributed by atoms with Gasteiger partial charge >= 0.3 is 11.9 Å². The number of esters is 2. The molecule has 1 unspecified atom stereocenters. The molecule has 2 heterocycles. The molecule has 0 spiro atoms. The summed E-state index contributed by atoms with van der Waals surface area (Å²) in [6.45, 7) is 6.38. The summed E-state index contributed by atoms with van der Waals surface area (Å²) in [6.07, 6.45) is 2.85. The first-order valence-corrected chi connectivity index (χ1v) is 12.4. The van der Waals surface area contributed by atoms with Gasteiger partial charge in [-0.1, -0.05) is 42.2 Å². The second-order valence-corrected chi connectivity index (χ2v) is 9.30. The minimum absolute atomic E-state index is 0.0564. The lowest BCUT2D eigenvalue weighted by molar-refractivity contribution is -0.385. The van der Waals surface area contributed by atoms with E-state index in [2.05, 4.69) is 11.6 Å². The van der Waals surface area contributed by atoms with Crippen molar-refractivity contribution in [1.82, 2.24) is 4.57 Å². The molecule has 39 heavy (non-hydrogen) atoms. The Morgan fingerprint density at radius 3 is 2.64 bits per heavy atom. The summed E-state index contributed by atoms with van der Waals surface area (Å²) in [5.74, 6) is -0.877. The van der Waals surface area contributed by atoms with Crippen molar-refractivity contribution in [2.75, 3.05) is 13.7 Å². The Balaban J connectivity index is 1.97. The number of fused-ring (bicyclic) bond motifs is 1. The molecule has 0 saturated carbocycles. The van der Waals surface area contributed by atoms with Crippen molar-refractivity contribution in [2.45, 2.75) is 19.9 Å². The molecular weight excluding hydrogens is 526 g/mol. The standard InChI is InChI=1S/C27H23N3O8S/c1-5-12-37-26(33)23-15(2)28-27-29(24(23)18-10-11-20(38-16(3)31)21(13-18)36-4)25(32)22(39-27)14-17-8-6-7-9-19(17)30(34)35/h5-11,13-14,24H,1,12H2,2-4H3. The fraction of sp³-hybridized carbons (Fsp3) is 0.185. The SMILES string of the molecule is C=CCOC(=O)C1=C(C)N=c2sc(=Cc3ccccc3[N+](=O)[O-])c(=O)n2C1c1ccc(OC(C)=O)c(OC)c1. The zero-order valence-electron chi connectivity index (χ0n) is 21.2. The van der Waals surface area contributed by atoms with Crippen molar-refractivity contribution in [3.8, 4) is 11.5 Å². The summed E-state index contributed by atoms with van der Waals surface area (Å²) in [4.78, 5) is 54.2. The van der Waals surface area contributed by atoms with Gasteiger partial charge in [0.05, 0.1) is 39.4 Å². The van der Waals surface area contributed by atoms with E-state index in [1.165, 1.54) is 55.0 Å². The molecule has 1 atom stereocenters. The van der Waals surface area contributed by atoms with Crippen molar-refractivity contribution in [3.05, 3.63) is 107 Å². The molecule has 0 aliphatic carbocycles. The smallest absolute Gasteiger partial charge is 0.338 e. The Hall–Kier alpha value is -4.84. The molecule has 0 fully saturated rings. The number of methoxy groups -OCH3 is 1. The highest BCUT2D eigenvalue weighted by Crippen LogP contribution is 2.36. The van der Waals surface area contributed by atoms with E-state index in [-0.39, 0.29) is 44.3 Å². The fourth-order valence-corrected chi connectivity index (χ4v) is 5.16. The van der Waals surface area contributed by atoms with Gasteiger partial charge in [0.15, 0.2) is 16.3 Å². The molecule has 1 aliphatic rings. The van der Waals surface area contributed by atoms with Crippen LogP contribution in [0.2, 0.25) is 0 Å². The lowest BCUT2D eigenvalue weighted by Crippen LogP contribution is -2.40. The van der Waals surface area contributed by atoms with Crippen LogP contribution < -0.4 is 24.4 Å². The topological polar surface area (TPSA) is 139 Å². The van der Waals surface area contributed by atoms with Crippen LogP contribution in [0.4, 0.5) is 5.69 Å². The second-order valence-electron chi connectivity index (χ2n) is 8.29. The van der Waals surface area contributed by atoms with Gasteiger partial charge < -0.3 is 14.2 Å². The number of rotatable bonds is 8. The summed E-state index contributed by atoms with van der Waals surface area (Å²) in [6, 6.07) is 9.73. The van der Waals surface area contributed by atoms with Crippen LogP contribution in [0.25, 0.3) is 6.08 Å². The highest BCUT2D eigenvalue weighted by Gasteiger charge is 2.34. The molecule has 1 aromatic heterocycles. The number of allylic oxidation sites excluding steroid dienone is 1.